The molecule has 10 heteroatoms. The minimum absolute atomic E-state index is 0.0525. The number of hydrogen-bond donors (Lipinski definition) is 5. The number of carboxylic acid groups (broad SMARTS) is 2. The van der Waals surface area contributed by atoms with Gasteiger partial charge in [0, 0.05) is 6.08 Å². The van der Waals surface area contributed by atoms with Gasteiger partial charge in [-0.25, -0.2) is 9.59 Å². The van der Waals surface area contributed by atoms with E-state index in [1.165, 1.54) is 31.4 Å². The van der Waals surface area contributed by atoms with Crippen LogP contribution in [0.1, 0.15) is 5.56 Å². The van der Waals surface area contributed by atoms with Crippen LogP contribution >= 0.6 is 0 Å². The third-order valence-corrected chi connectivity index (χ3v) is 3.66. The number of aliphatic hydroxyl groups is 3. The Morgan fingerprint density at radius 2 is 1.77 bits per heavy atom. The number of rotatable bonds is 6. The molecule has 1 aliphatic heterocycles. The van der Waals surface area contributed by atoms with Crippen molar-refractivity contribution in [2.75, 3.05) is 7.11 Å². The highest BCUT2D eigenvalue weighted by Crippen LogP contribution is 2.32. The Labute approximate surface area is 147 Å². The molecule has 0 saturated carbocycles. The second-order valence-electron chi connectivity index (χ2n) is 5.43. The van der Waals surface area contributed by atoms with Crippen LogP contribution < -0.4 is 9.47 Å². The summed E-state index contributed by atoms with van der Waals surface area (Å²) in [6, 6.07) is 4.33. The SMILES string of the molecule is COc1cc(C=CC(=O)O)ccc1O[C@@H]1O[C@H](C(=O)O)[C@@H](O)[C@H](O)[C@H]1O. The zero-order valence-corrected chi connectivity index (χ0v) is 13.6. The van der Waals surface area contributed by atoms with Crippen LogP contribution in [0.5, 0.6) is 11.5 Å². The molecule has 1 heterocycles. The fourth-order valence-electron chi connectivity index (χ4n) is 2.33. The molecule has 0 bridgehead atoms. The summed E-state index contributed by atoms with van der Waals surface area (Å²) in [4.78, 5) is 21.7. The van der Waals surface area contributed by atoms with E-state index in [0.29, 0.717) is 5.56 Å². The van der Waals surface area contributed by atoms with Gasteiger partial charge in [-0.3, -0.25) is 0 Å². The van der Waals surface area contributed by atoms with Crippen molar-refractivity contribution in [1.29, 1.82) is 0 Å². The maximum absolute atomic E-state index is 11.1. The fraction of sp³-hybridized carbons (Fsp3) is 0.375. The van der Waals surface area contributed by atoms with Crippen LogP contribution in [0.3, 0.4) is 0 Å². The number of hydrogen-bond acceptors (Lipinski definition) is 8. The summed E-state index contributed by atoms with van der Waals surface area (Å²) in [5, 5.41) is 47.1. The highest BCUT2D eigenvalue weighted by molar-refractivity contribution is 5.85. The summed E-state index contributed by atoms with van der Waals surface area (Å²) >= 11 is 0. The maximum atomic E-state index is 11.1. The van der Waals surface area contributed by atoms with Gasteiger partial charge < -0.3 is 39.7 Å². The minimum atomic E-state index is -1.83. The van der Waals surface area contributed by atoms with Crippen LogP contribution in [0.4, 0.5) is 0 Å². The van der Waals surface area contributed by atoms with Crippen molar-refractivity contribution in [3.63, 3.8) is 0 Å². The van der Waals surface area contributed by atoms with E-state index in [2.05, 4.69) is 0 Å². The summed E-state index contributed by atoms with van der Waals surface area (Å²) in [5.41, 5.74) is 0.487. The molecule has 0 aliphatic carbocycles. The summed E-state index contributed by atoms with van der Waals surface area (Å²) in [6.07, 6.45) is -6.45. The molecule has 1 aromatic rings. The average Bonchev–Trinajstić information content (AvgIpc) is 2.60. The largest absolute Gasteiger partial charge is 0.493 e. The van der Waals surface area contributed by atoms with Gasteiger partial charge in [0.2, 0.25) is 6.29 Å². The Bertz CT molecular complexity index is 700. The summed E-state index contributed by atoms with van der Waals surface area (Å²) in [7, 11) is 1.32. The molecule has 142 valence electrons. The summed E-state index contributed by atoms with van der Waals surface area (Å²) < 4.78 is 15.5. The number of carbonyl (C=O) groups is 2. The molecule has 5 N–H and O–H groups in total. The van der Waals surface area contributed by atoms with Gasteiger partial charge in [0.25, 0.3) is 0 Å². The molecule has 0 aromatic heterocycles. The number of aliphatic carboxylic acids is 2. The monoisotopic (exact) mass is 370 g/mol. The zero-order valence-electron chi connectivity index (χ0n) is 13.6. The Kier molecular flexibility index (Phi) is 6.16. The van der Waals surface area contributed by atoms with E-state index in [-0.39, 0.29) is 11.5 Å². The van der Waals surface area contributed by atoms with Gasteiger partial charge in [-0.2, -0.15) is 0 Å². The van der Waals surface area contributed by atoms with Gasteiger partial charge >= 0.3 is 11.9 Å². The third kappa shape index (κ3) is 4.29. The van der Waals surface area contributed by atoms with Gasteiger partial charge in [0.15, 0.2) is 17.6 Å². The van der Waals surface area contributed by atoms with Gasteiger partial charge in [-0.1, -0.05) is 6.07 Å². The van der Waals surface area contributed by atoms with E-state index in [9.17, 15) is 24.9 Å². The van der Waals surface area contributed by atoms with E-state index < -0.39 is 42.6 Å². The number of ether oxygens (including phenoxy) is 3. The van der Waals surface area contributed by atoms with Gasteiger partial charge in [0.05, 0.1) is 7.11 Å². The van der Waals surface area contributed by atoms with E-state index in [1.54, 1.807) is 0 Å². The number of benzene rings is 1. The normalized spacial score (nSPS) is 28.7. The fourth-order valence-corrected chi connectivity index (χ4v) is 2.33. The molecule has 0 spiro atoms. The number of aliphatic hydroxyl groups excluding tert-OH is 3. The first-order valence-electron chi connectivity index (χ1n) is 7.42. The van der Waals surface area contributed by atoms with Crippen LogP contribution in [0.2, 0.25) is 0 Å². The first-order valence-corrected chi connectivity index (χ1v) is 7.42. The van der Waals surface area contributed by atoms with Gasteiger partial charge in [0.1, 0.15) is 18.3 Å². The summed E-state index contributed by atoms with van der Waals surface area (Å²) in [5.74, 6) is -2.45. The van der Waals surface area contributed by atoms with Crippen molar-refractivity contribution < 1.29 is 49.3 Å². The predicted molar refractivity (Wildman–Crippen MR) is 84.6 cm³/mol. The first-order chi connectivity index (χ1) is 12.2. The number of methoxy groups -OCH3 is 1. The molecule has 1 aliphatic rings. The molecular weight excluding hydrogens is 352 g/mol. The lowest BCUT2D eigenvalue weighted by Crippen LogP contribution is -2.61. The highest BCUT2D eigenvalue weighted by Gasteiger charge is 2.48. The molecule has 1 fully saturated rings. The second-order valence-corrected chi connectivity index (χ2v) is 5.43. The smallest absolute Gasteiger partial charge is 0.335 e. The quantitative estimate of drug-likeness (QED) is 0.395. The molecule has 0 unspecified atom stereocenters. The predicted octanol–water partition coefficient (Wildman–Crippen LogP) is -0.936. The minimum Gasteiger partial charge on any atom is -0.493 e. The van der Waals surface area contributed by atoms with Crippen LogP contribution in [0.15, 0.2) is 24.3 Å². The van der Waals surface area contributed by atoms with E-state index in [4.69, 9.17) is 24.4 Å². The van der Waals surface area contributed by atoms with Crippen molar-refractivity contribution in [3.8, 4) is 11.5 Å². The molecule has 26 heavy (non-hydrogen) atoms. The van der Waals surface area contributed by atoms with Gasteiger partial charge in [-0.05, 0) is 23.8 Å². The first kappa shape index (κ1) is 19.7. The van der Waals surface area contributed by atoms with Crippen LogP contribution in [0.25, 0.3) is 6.08 Å². The Morgan fingerprint density at radius 1 is 1.08 bits per heavy atom. The van der Waals surface area contributed by atoms with Crippen molar-refractivity contribution in [2.45, 2.75) is 30.7 Å². The van der Waals surface area contributed by atoms with Crippen LogP contribution in [-0.4, -0.2) is 75.3 Å². The number of carboxylic acids is 2. The van der Waals surface area contributed by atoms with Crippen molar-refractivity contribution in [2.24, 2.45) is 0 Å². The molecule has 2 rings (SSSR count). The summed E-state index contributed by atoms with van der Waals surface area (Å²) in [6.45, 7) is 0. The molecule has 1 saturated heterocycles. The van der Waals surface area contributed by atoms with Crippen LogP contribution in [-0.2, 0) is 14.3 Å². The second kappa shape index (κ2) is 8.15. The average molecular weight is 370 g/mol. The Morgan fingerprint density at radius 3 is 2.35 bits per heavy atom. The van der Waals surface area contributed by atoms with Crippen molar-refractivity contribution in [3.05, 3.63) is 29.8 Å². The highest BCUT2D eigenvalue weighted by atomic mass is 16.7. The lowest BCUT2D eigenvalue weighted by atomic mass is 9.99. The Balaban J connectivity index is 2.23. The molecule has 0 radical (unpaired) electrons. The third-order valence-electron chi connectivity index (χ3n) is 3.66. The van der Waals surface area contributed by atoms with Crippen molar-refractivity contribution >= 4 is 18.0 Å². The van der Waals surface area contributed by atoms with E-state index in [0.717, 1.165) is 6.08 Å². The lowest BCUT2D eigenvalue weighted by molar-refractivity contribution is -0.271. The molecule has 1 aromatic carbocycles. The van der Waals surface area contributed by atoms with Gasteiger partial charge in [-0.15, -0.1) is 0 Å². The van der Waals surface area contributed by atoms with Crippen molar-refractivity contribution in [1.82, 2.24) is 0 Å². The van der Waals surface area contributed by atoms with E-state index >= 15 is 0 Å². The standard InChI is InChI=1S/C16H18O10/c1-24-9-6-7(3-5-10(17)18)2-4-8(9)25-16-13(21)11(19)12(20)14(26-16)15(22)23/h2-6,11-14,16,19-21H,1H3,(H,17,18)(H,22,23)/t11-,12-,13+,14-,16+/m0/s1. The molecule has 0 amide bonds. The topological polar surface area (TPSA) is 163 Å². The molecular formula is C16H18O10. The zero-order chi connectivity index (χ0) is 19.4. The molecule has 10 nitrogen and oxygen atoms in total. The maximum Gasteiger partial charge on any atom is 0.335 e. The Hall–Kier alpha value is -2.66. The lowest BCUT2D eigenvalue weighted by Gasteiger charge is -2.38. The molecule has 5 atom stereocenters. The van der Waals surface area contributed by atoms with Crippen LogP contribution in [0, 0.1) is 0 Å². The van der Waals surface area contributed by atoms with E-state index in [1.807, 2.05) is 0 Å².